The van der Waals surface area contributed by atoms with Gasteiger partial charge in [-0.05, 0) is 29.8 Å². The zero-order chi connectivity index (χ0) is 18.7. The average molecular weight is 379 g/mol. The Hall–Kier alpha value is -2.45. The molecule has 0 amide bonds. The van der Waals surface area contributed by atoms with E-state index in [-0.39, 0.29) is 18.2 Å². The zero-order valence-electron chi connectivity index (χ0n) is 14.9. The smallest absolute Gasteiger partial charge is 0.243 e. The first-order chi connectivity index (χ1) is 12.5. The number of benzene rings is 2. The molecule has 0 aromatic heterocycles. The maximum absolute atomic E-state index is 13.0. The maximum Gasteiger partial charge on any atom is 0.243 e. The van der Waals surface area contributed by atoms with Crippen LogP contribution in [0.1, 0.15) is 12.5 Å². The van der Waals surface area contributed by atoms with Crippen LogP contribution >= 0.6 is 0 Å². The summed E-state index contributed by atoms with van der Waals surface area (Å²) in [7, 11) is -0.721. The Morgan fingerprint density at radius 1 is 1.00 bits per heavy atom. The second-order valence-electron chi connectivity index (χ2n) is 5.64. The fourth-order valence-corrected chi connectivity index (χ4v) is 4.19. The van der Waals surface area contributed by atoms with Gasteiger partial charge in [-0.25, -0.2) is 8.42 Å². The Kier molecular flexibility index (Phi) is 5.24. The molecule has 2 aromatic rings. The summed E-state index contributed by atoms with van der Waals surface area (Å²) < 4.78 is 48.5. The summed E-state index contributed by atoms with van der Waals surface area (Å²) in [5, 5.41) is 0. The van der Waals surface area contributed by atoms with Crippen molar-refractivity contribution in [2.45, 2.75) is 18.4 Å². The van der Waals surface area contributed by atoms with Gasteiger partial charge in [0.05, 0.1) is 19.1 Å². The number of fused-ring (bicyclic) bond motifs is 1. The first kappa shape index (κ1) is 18.3. The standard InChI is InChI=1S/C18H21NO6S/c1-4-19(11-13-5-7-16-18(9-13)25-12-24-16)26(20,21)14-6-8-15(22-2)17(10-14)23-3/h5-10H,4,11-12H2,1-3H3. The first-order valence-corrected chi connectivity index (χ1v) is 9.54. The number of rotatable bonds is 7. The number of nitrogens with zero attached hydrogens (tertiary/aromatic N) is 1. The molecule has 0 saturated carbocycles. The van der Waals surface area contributed by atoms with Crippen LogP contribution in [0.25, 0.3) is 0 Å². The van der Waals surface area contributed by atoms with Gasteiger partial charge in [0.25, 0.3) is 0 Å². The molecule has 0 N–H and O–H groups in total. The van der Waals surface area contributed by atoms with Crippen molar-refractivity contribution in [1.29, 1.82) is 0 Å². The van der Waals surface area contributed by atoms with E-state index in [1.807, 2.05) is 6.07 Å². The number of hydrogen-bond acceptors (Lipinski definition) is 6. The third kappa shape index (κ3) is 3.42. The lowest BCUT2D eigenvalue weighted by Gasteiger charge is -2.21. The van der Waals surface area contributed by atoms with Crippen molar-refractivity contribution >= 4 is 10.0 Å². The van der Waals surface area contributed by atoms with E-state index in [4.69, 9.17) is 18.9 Å². The largest absolute Gasteiger partial charge is 0.493 e. The lowest BCUT2D eigenvalue weighted by Crippen LogP contribution is -2.30. The van der Waals surface area contributed by atoms with Crippen molar-refractivity contribution in [3.8, 4) is 23.0 Å². The van der Waals surface area contributed by atoms with Crippen molar-refractivity contribution < 1.29 is 27.4 Å². The normalized spacial score (nSPS) is 13.1. The molecule has 0 spiro atoms. The van der Waals surface area contributed by atoms with E-state index in [1.54, 1.807) is 25.1 Å². The van der Waals surface area contributed by atoms with Gasteiger partial charge in [-0.1, -0.05) is 13.0 Å². The Balaban J connectivity index is 1.89. The summed E-state index contributed by atoms with van der Waals surface area (Å²) in [6, 6.07) is 9.99. The van der Waals surface area contributed by atoms with E-state index < -0.39 is 10.0 Å². The molecule has 1 aliphatic rings. The van der Waals surface area contributed by atoms with E-state index >= 15 is 0 Å². The van der Waals surface area contributed by atoms with E-state index in [2.05, 4.69) is 0 Å². The van der Waals surface area contributed by atoms with Crippen LogP contribution in [0.3, 0.4) is 0 Å². The summed E-state index contributed by atoms with van der Waals surface area (Å²) in [6.07, 6.45) is 0. The van der Waals surface area contributed by atoms with Crippen molar-refractivity contribution in [2.75, 3.05) is 27.6 Å². The molecule has 8 heteroatoms. The molecule has 3 rings (SSSR count). The molecule has 0 aliphatic carbocycles. The summed E-state index contributed by atoms with van der Waals surface area (Å²) in [6.45, 7) is 2.53. The minimum Gasteiger partial charge on any atom is -0.493 e. The molecule has 26 heavy (non-hydrogen) atoms. The minimum absolute atomic E-state index is 0.151. The van der Waals surface area contributed by atoms with Gasteiger partial charge in [0, 0.05) is 19.2 Å². The monoisotopic (exact) mass is 379 g/mol. The minimum atomic E-state index is -3.70. The van der Waals surface area contributed by atoms with Crippen LogP contribution < -0.4 is 18.9 Å². The predicted octanol–water partition coefficient (Wildman–Crippen LogP) is 2.64. The predicted molar refractivity (Wildman–Crippen MR) is 95.4 cm³/mol. The van der Waals surface area contributed by atoms with E-state index in [0.29, 0.717) is 29.5 Å². The third-order valence-corrected chi connectivity index (χ3v) is 6.06. The van der Waals surface area contributed by atoms with E-state index in [1.165, 1.54) is 30.7 Å². The van der Waals surface area contributed by atoms with Crippen LogP contribution in [0.2, 0.25) is 0 Å². The van der Waals surface area contributed by atoms with Crippen molar-refractivity contribution in [1.82, 2.24) is 4.31 Å². The molecular weight excluding hydrogens is 358 g/mol. The SMILES string of the molecule is CCN(Cc1ccc2c(c1)OCO2)S(=O)(=O)c1ccc(OC)c(OC)c1. The van der Waals surface area contributed by atoms with Crippen LogP contribution in [0.5, 0.6) is 23.0 Å². The zero-order valence-corrected chi connectivity index (χ0v) is 15.7. The van der Waals surface area contributed by atoms with E-state index in [0.717, 1.165) is 5.56 Å². The lowest BCUT2D eigenvalue weighted by molar-refractivity contribution is 0.174. The molecule has 0 atom stereocenters. The topological polar surface area (TPSA) is 74.3 Å². The fourth-order valence-electron chi connectivity index (χ4n) is 2.74. The van der Waals surface area contributed by atoms with Gasteiger partial charge in [-0.15, -0.1) is 0 Å². The third-order valence-electron chi connectivity index (χ3n) is 4.14. The number of ether oxygens (including phenoxy) is 4. The molecule has 7 nitrogen and oxygen atoms in total. The quantitative estimate of drug-likeness (QED) is 0.736. The molecule has 0 radical (unpaired) electrons. The highest BCUT2D eigenvalue weighted by Crippen LogP contribution is 2.34. The number of sulfonamides is 1. The molecule has 1 aliphatic heterocycles. The molecule has 0 fully saturated rings. The molecule has 2 aromatic carbocycles. The summed E-state index contributed by atoms with van der Waals surface area (Å²) in [4.78, 5) is 0.151. The Morgan fingerprint density at radius 2 is 1.73 bits per heavy atom. The van der Waals surface area contributed by atoms with Gasteiger partial charge in [-0.3, -0.25) is 0 Å². The lowest BCUT2D eigenvalue weighted by atomic mass is 10.2. The van der Waals surface area contributed by atoms with Crippen LogP contribution in [0.4, 0.5) is 0 Å². The van der Waals surface area contributed by atoms with Gasteiger partial charge in [-0.2, -0.15) is 4.31 Å². The number of hydrogen-bond donors (Lipinski definition) is 0. The summed E-state index contributed by atoms with van der Waals surface area (Å²) >= 11 is 0. The Labute approximate surface area is 153 Å². The van der Waals surface area contributed by atoms with Crippen LogP contribution in [0, 0.1) is 0 Å². The van der Waals surface area contributed by atoms with Crippen molar-refractivity contribution in [3.05, 3.63) is 42.0 Å². The summed E-state index contributed by atoms with van der Waals surface area (Å²) in [5.41, 5.74) is 0.820. The molecule has 0 unspecified atom stereocenters. The van der Waals surface area contributed by atoms with Crippen LogP contribution in [-0.4, -0.2) is 40.3 Å². The van der Waals surface area contributed by atoms with Gasteiger partial charge < -0.3 is 18.9 Å². The van der Waals surface area contributed by atoms with Crippen LogP contribution in [0.15, 0.2) is 41.3 Å². The second-order valence-corrected chi connectivity index (χ2v) is 7.57. The maximum atomic E-state index is 13.0. The average Bonchev–Trinajstić information content (AvgIpc) is 3.13. The molecule has 140 valence electrons. The Morgan fingerprint density at radius 3 is 2.42 bits per heavy atom. The number of methoxy groups -OCH3 is 2. The first-order valence-electron chi connectivity index (χ1n) is 8.10. The highest BCUT2D eigenvalue weighted by molar-refractivity contribution is 7.89. The fraction of sp³-hybridized carbons (Fsp3) is 0.333. The molecule has 0 saturated heterocycles. The van der Waals surface area contributed by atoms with Gasteiger partial charge in [0.15, 0.2) is 23.0 Å². The molecule has 0 bridgehead atoms. The summed E-state index contributed by atoms with van der Waals surface area (Å²) in [5.74, 6) is 2.14. The van der Waals surface area contributed by atoms with Gasteiger partial charge >= 0.3 is 0 Å². The van der Waals surface area contributed by atoms with Gasteiger partial charge in [0.1, 0.15) is 0 Å². The highest BCUT2D eigenvalue weighted by atomic mass is 32.2. The van der Waals surface area contributed by atoms with E-state index in [9.17, 15) is 8.42 Å². The Bertz CT molecular complexity index is 897. The highest BCUT2D eigenvalue weighted by Gasteiger charge is 2.25. The molecular formula is C18H21NO6S. The second kappa shape index (κ2) is 7.43. The van der Waals surface area contributed by atoms with Crippen molar-refractivity contribution in [3.63, 3.8) is 0 Å². The van der Waals surface area contributed by atoms with Crippen molar-refractivity contribution in [2.24, 2.45) is 0 Å². The molecule has 1 heterocycles. The van der Waals surface area contributed by atoms with Gasteiger partial charge in [0.2, 0.25) is 16.8 Å². The van der Waals surface area contributed by atoms with Crippen LogP contribution in [-0.2, 0) is 16.6 Å².